The molecule has 2 heteroatoms. The highest BCUT2D eigenvalue weighted by atomic mass is 16.5. The second kappa shape index (κ2) is 4.32. The second-order valence-corrected chi connectivity index (χ2v) is 7.66. The summed E-state index contributed by atoms with van der Waals surface area (Å²) >= 11 is 0. The highest BCUT2D eigenvalue weighted by molar-refractivity contribution is 5.33. The summed E-state index contributed by atoms with van der Waals surface area (Å²) in [5.41, 5.74) is 0.643. The zero-order valence-corrected chi connectivity index (χ0v) is 13.1. The van der Waals surface area contributed by atoms with Crippen molar-refractivity contribution in [1.29, 1.82) is 0 Å². The van der Waals surface area contributed by atoms with Crippen LogP contribution in [0.5, 0.6) is 0 Å². The van der Waals surface area contributed by atoms with Gasteiger partial charge in [0.15, 0.2) is 0 Å². The van der Waals surface area contributed by atoms with Gasteiger partial charge in [-0.1, -0.05) is 30.7 Å². The van der Waals surface area contributed by atoms with E-state index in [0.29, 0.717) is 6.42 Å². The van der Waals surface area contributed by atoms with E-state index in [2.05, 4.69) is 38.1 Å². The fourth-order valence-corrected chi connectivity index (χ4v) is 3.86. The Kier molecular flexibility index (Phi) is 3.04. The maximum absolute atomic E-state index is 11.2. The van der Waals surface area contributed by atoms with Crippen LogP contribution in [-0.2, 0) is 10.3 Å². The average molecular weight is 274 g/mol. The van der Waals surface area contributed by atoms with Crippen LogP contribution in [0.4, 0.5) is 0 Å². The fourth-order valence-electron chi connectivity index (χ4n) is 3.86. The Morgan fingerprint density at radius 1 is 1.05 bits per heavy atom. The molecule has 1 saturated heterocycles. The molecule has 1 aromatic rings. The van der Waals surface area contributed by atoms with Crippen molar-refractivity contribution in [2.75, 3.05) is 0 Å². The van der Waals surface area contributed by atoms with Gasteiger partial charge in [0.2, 0.25) is 0 Å². The van der Waals surface area contributed by atoms with Gasteiger partial charge < -0.3 is 9.84 Å². The lowest BCUT2D eigenvalue weighted by Crippen LogP contribution is -2.43. The van der Waals surface area contributed by atoms with Gasteiger partial charge in [-0.05, 0) is 57.6 Å². The average Bonchev–Trinajstić information content (AvgIpc) is 2.41. The maximum atomic E-state index is 11.2. The first-order valence-corrected chi connectivity index (χ1v) is 7.77. The van der Waals surface area contributed by atoms with Gasteiger partial charge in [0.1, 0.15) is 5.60 Å². The molecular formula is C18H26O2. The predicted molar refractivity (Wildman–Crippen MR) is 80.8 cm³/mol. The molecule has 2 nitrogen and oxygen atoms in total. The predicted octanol–water partition coefficient (Wildman–Crippen LogP) is 4.12. The summed E-state index contributed by atoms with van der Waals surface area (Å²) in [7, 11) is 0. The number of hydrogen-bond donors (Lipinski definition) is 1. The van der Waals surface area contributed by atoms with E-state index >= 15 is 0 Å². The number of hydrogen-bond acceptors (Lipinski definition) is 2. The SMILES string of the molecule is CC1(C)CC(O)(c2ccc(C3CCC3)cc2)C(C)(C)O1. The van der Waals surface area contributed by atoms with Crippen LogP contribution in [0.3, 0.4) is 0 Å². The van der Waals surface area contributed by atoms with Crippen LogP contribution < -0.4 is 0 Å². The molecule has 2 aliphatic rings. The first kappa shape index (κ1) is 14.1. The summed E-state index contributed by atoms with van der Waals surface area (Å²) in [4.78, 5) is 0. The molecule has 0 bridgehead atoms. The second-order valence-electron chi connectivity index (χ2n) is 7.66. The minimum Gasteiger partial charge on any atom is -0.382 e. The molecule has 0 aromatic heterocycles. The summed E-state index contributed by atoms with van der Waals surface area (Å²) in [5, 5.41) is 11.2. The summed E-state index contributed by atoms with van der Waals surface area (Å²) in [6, 6.07) is 8.58. The molecule has 1 aliphatic heterocycles. The van der Waals surface area contributed by atoms with E-state index in [1.807, 2.05) is 13.8 Å². The lowest BCUT2D eigenvalue weighted by molar-refractivity contribution is -0.129. The normalized spacial score (nSPS) is 32.0. The summed E-state index contributed by atoms with van der Waals surface area (Å²) in [6.07, 6.45) is 4.61. The van der Waals surface area contributed by atoms with Crippen LogP contribution in [0.25, 0.3) is 0 Å². The highest BCUT2D eigenvalue weighted by Gasteiger charge is 2.57. The number of ether oxygens (including phenoxy) is 1. The minimum atomic E-state index is -0.908. The fraction of sp³-hybridized carbons (Fsp3) is 0.667. The lowest BCUT2D eigenvalue weighted by atomic mass is 9.75. The van der Waals surface area contributed by atoms with E-state index in [4.69, 9.17) is 4.74 Å². The van der Waals surface area contributed by atoms with Crippen molar-refractivity contribution in [2.24, 2.45) is 0 Å². The highest BCUT2D eigenvalue weighted by Crippen LogP contribution is 2.51. The van der Waals surface area contributed by atoms with Gasteiger partial charge in [0, 0.05) is 6.42 Å². The van der Waals surface area contributed by atoms with Gasteiger partial charge in [0.25, 0.3) is 0 Å². The molecule has 1 heterocycles. The smallest absolute Gasteiger partial charge is 0.121 e. The van der Waals surface area contributed by atoms with Crippen LogP contribution in [-0.4, -0.2) is 16.3 Å². The molecule has 110 valence electrons. The molecule has 3 rings (SSSR count). The van der Waals surface area contributed by atoms with Crippen molar-refractivity contribution >= 4 is 0 Å². The molecule has 0 amide bonds. The molecule has 1 unspecified atom stereocenters. The van der Waals surface area contributed by atoms with Crippen LogP contribution in [0, 0.1) is 0 Å². The van der Waals surface area contributed by atoms with E-state index in [1.54, 1.807) is 0 Å². The van der Waals surface area contributed by atoms with Crippen molar-refractivity contribution in [3.63, 3.8) is 0 Å². The Morgan fingerprint density at radius 3 is 2.05 bits per heavy atom. The molecule has 1 saturated carbocycles. The minimum absolute atomic E-state index is 0.287. The van der Waals surface area contributed by atoms with Crippen LogP contribution in [0.15, 0.2) is 24.3 Å². The number of benzene rings is 1. The molecular weight excluding hydrogens is 248 g/mol. The third-order valence-electron chi connectivity index (χ3n) is 5.17. The first-order chi connectivity index (χ1) is 9.24. The summed E-state index contributed by atoms with van der Waals surface area (Å²) < 4.78 is 6.07. The molecule has 1 atom stereocenters. The Morgan fingerprint density at radius 2 is 1.65 bits per heavy atom. The van der Waals surface area contributed by atoms with Gasteiger partial charge in [-0.3, -0.25) is 0 Å². The van der Waals surface area contributed by atoms with E-state index in [-0.39, 0.29) is 5.60 Å². The van der Waals surface area contributed by atoms with Gasteiger partial charge >= 0.3 is 0 Å². The monoisotopic (exact) mass is 274 g/mol. The lowest BCUT2D eigenvalue weighted by Gasteiger charge is -2.36. The Labute approximate surface area is 122 Å². The van der Waals surface area contributed by atoms with Crippen molar-refractivity contribution in [2.45, 2.75) is 76.1 Å². The zero-order chi connectivity index (χ0) is 14.6. The Hall–Kier alpha value is -0.860. The third-order valence-corrected chi connectivity index (χ3v) is 5.17. The van der Waals surface area contributed by atoms with Gasteiger partial charge in [-0.2, -0.15) is 0 Å². The van der Waals surface area contributed by atoms with Crippen LogP contribution in [0.2, 0.25) is 0 Å². The Bertz CT molecular complexity index is 497. The van der Waals surface area contributed by atoms with E-state index in [1.165, 1.54) is 24.8 Å². The van der Waals surface area contributed by atoms with E-state index in [9.17, 15) is 5.11 Å². The van der Waals surface area contributed by atoms with Crippen molar-refractivity contribution < 1.29 is 9.84 Å². The van der Waals surface area contributed by atoms with Gasteiger partial charge in [0.05, 0.1) is 11.2 Å². The molecule has 0 radical (unpaired) electrons. The Balaban J connectivity index is 1.91. The summed E-state index contributed by atoms with van der Waals surface area (Å²) in [6.45, 7) is 8.08. The molecule has 2 fully saturated rings. The molecule has 1 N–H and O–H groups in total. The third kappa shape index (κ3) is 2.10. The number of rotatable bonds is 2. The molecule has 20 heavy (non-hydrogen) atoms. The molecule has 1 aliphatic carbocycles. The quantitative estimate of drug-likeness (QED) is 0.879. The first-order valence-electron chi connectivity index (χ1n) is 7.77. The zero-order valence-electron chi connectivity index (χ0n) is 13.1. The largest absolute Gasteiger partial charge is 0.382 e. The van der Waals surface area contributed by atoms with E-state index < -0.39 is 11.2 Å². The van der Waals surface area contributed by atoms with Crippen molar-refractivity contribution in [3.05, 3.63) is 35.4 Å². The van der Waals surface area contributed by atoms with E-state index in [0.717, 1.165) is 11.5 Å². The van der Waals surface area contributed by atoms with Gasteiger partial charge in [-0.25, -0.2) is 0 Å². The maximum Gasteiger partial charge on any atom is 0.121 e. The van der Waals surface area contributed by atoms with Crippen LogP contribution in [0.1, 0.15) is 70.4 Å². The standard InChI is InChI=1S/C18H26O2/c1-16(2)12-18(19,17(3,4)20-16)15-10-8-14(9-11-15)13-6-5-7-13/h8-11,13,19H,5-7,12H2,1-4H3. The molecule has 0 spiro atoms. The molecule has 1 aromatic carbocycles. The van der Waals surface area contributed by atoms with Crippen molar-refractivity contribution in [3.8, 4) is 0 Å². The van der Waals surface area contributed by atoms with Crippen LogP contribution >= 0.6 is 0 Å². The van der Waals surface area contributed by atoms with Gasteiger partial charge in [-0.15, -0.1) is 0 Å². The summed E-state index contributed by atoms with van der Waals surface area (Å²) in [5.74, 6) is 0.739. The number of aliphatic hydroxyl groups is 1. The topological polar surface area (TPSA) is 29.5 Å². The van der Waals surface area contributed by atoms with Crippen molar-refractivity contribution in [1.82, 2.24) is 0 Å².